The number of carboxylic acid groups (broad SMARTS) is 1. The SMILES string of the molecule is CC(O)COC(=O)O. The van der Waals surface area contributed by atoms with Crippen molar-refractivity contribution in [1.82, 2.24) is 0 Å². The van der Waals surface area contributed by atoms with Crippen molar-refractivity contribution >= 4 is 6.16 Å². The van der Waals surface area contributed by atoms with Gasteiger partial charge in [-0.05, 0) is 6.92 Å². The van der Waals surface area contributed by atoms with Gasteiger partial charge in [0.1, 0.15) is 6.61 Å². The summed E-state index contributed by atoms with van der Waals surface area (Å²) in [5, 5.41) is 16.2. The molecule has 0 fully saturated rings. The molecule has 0 aliphatic rings. The van der Waals surface area contributed by atoms with Gasteiger partial charge in [0.15, 0.2) is 0 Å². The lowest BCUT2D eigenvalue weighted by Gasteiger charge is -2.00. The first-order chi connectivity index (χ1) is 3.63. The largest absolute Gasteiger partial charge is 0.505 e. The van der Waals surface area contributed by atoms with Gasteiger partial charge < -0.3 is 14.9 Å². The summed E-state index contributed by atoms with van der Waals surface area (Å²) in [4.78, 5) is 9.57. The van der Waals surface area contributed by atoms with Crippen LogP contribution in [0, 0.1) is 0 Å². The number of hydrogen-bond acceptors (Lipinski definition) is 3. The fourth-order valence-corrected chi connectivity index (χ4v) is 0.192. The maximum Gasteiger partial charge on any atom is 0.505 e. The highest BCUT2D eigenvalue weighted by Crippen LogP contribution is 1.81. The number of aliphatic hydroxyl groups excluding tert-OH is 1. The summed E-state index contributed by atoms with van der Waals surface area (Å²) in [5.74, 6) is 0. The topological polar surface area (TPSA) is 66.8 Å². The minimum absolute atomic E-state index is 0.157. The molecular formula is C4H8O4. The highest BCUT2D eigenvalue weighted by atomic mass is 16.7. The van der Waals surface area contributed by atoms with E-state index in [1.54, 1.807) is 0 Å². The second-order valence-electron chi connectivity index (χ2n) is 1.43. The van der Waals surface area contributed by atoms with Gasteiger partial charge in [-0.15, -0.1) is 0 Å². The third-order valence-corrected chi connectivity index (χ3v) is 0.448. The lowest BCUT2D eigenvalue weighted by Crippen LogP contribution is -2.13. The van der Waals surface area contributed by atoms with Crippen molar-refractivity contribution < 1.29 is 19.7 Å². The molecule has 0 bridgehead atoms. The van der Waals surface area contributed by atoms with E-state index in [1.807, 2.05) is 0 Å². The van der Waals surface area contributed by atoms with Gasteiger partial charge in [0.2, 0.25) is 0 Å². The molecule has 4 nitrogen and oxygen atoms in total. The Morgan fingerprint density at radius 2 is 2.38 bits per heavy atom. The molecule has 4 heteroatoms. The predicted molar refractivity (Wildman–Crippen MR) is 25.7 cm³/mol. The number of ether oxygens (including phenoxy) is 1. The average Bonchev–Trinajstić information content (AvgIpc) is 1.61. The van der Waals surface area contributed by atoms with Crippen LogP contribution in [-0.2, 0) is 4.74 Å². The zero-order valence-electron chi connectivity index (χ0n) is 4.50. The molecule has 0 rings (SSSR count). The number of hydrogen-bond donors (Lipinski definition) is 2. The Morgan fingerprint density at radius 1 is 1.88 bits per heavy atom. The standard InChI is InChI=1S/C4H8O4/c1-3(5)2-8-4(6)7/h3,5H,2H2,1H3,(H,6,7). The Hall–Kier alpha value is -0.770. The van der Waals surface area contributed by atoms with Crippen LogP contribution in [0.4, 0.5) is 4.79 Å². The fraction of sp³-hybridized carbons (Fsp3) is 0.750. The number of carbonyl (C=O) groups is 1. The van der Waals surface area contributed by atoms with Gasteiger partial charge in [-0.25, -0.2) is 4.79 Å². The Bertz CT molecular complexity index is 78.1. The first-order valence-corrected chi connectivity index (χ1v) is 2.16. The molecule has 1 unspecified atom stereocenters. The van der Waals surface area contributed by atoms with Crippen LogP contribution < -0.4 is 0 Å². The zero-order chi connectivity index (χ0) is 6.57. The van der Waals surface area contributed by atoms with E-state index in [-0.39, 0.29) is 6.61 Å². The van der Waals surface area contributed by atoms with Crippen molar-refractivity contribution in [3.8, 4) is 0 Å². The molecule has 0 aromatic heterocycles. The van der Waals surface area contributed by atoms with Crippen LogP contribution in [0.2, 0.25) is 0 Å². The van der Waals surface area contributed by atoms with E-state index in [0.29, 0.717) is 0 Å². The van der Waals surface area contributed by atoms with E-state index < -0.39 is 12.3 Å². The maximum absolute atomic E-state index is 9.57. The van der Waals surface area contributed by atoms with Crippen molar-refractivity contribution in [2.24, 2.45) is 0 Å². The molecule has 2 N–H and O–H groups in total. The summed E-state index contributed by atoms with van der Waals surface area (Å²) in [6.45, 7) is 1.29. The second-order valence-corrected chi connectivity index (χ2v) is 1.43. The highest BCUT2D eigenvalue weighted by Gasteiger charge is 1.98. The number of rotatable bonds is 2. The smallest absolute Gasteiger partial charge is 0.450 e. The van der Waals surface area contributed by atoms with Gasteiger partial charge in [0, 0.05) is 0 Å². The summed E-state index contributed by atoms with van der Waals surface area (Å²) in [5.41, 5.74) is 0. The molecule has 1 atom stereocenters. The van der Waals surface area contributed by atoms with Gasteiger partial charge >= 0.3 is 6.16 Å². The summed E-state index contributed by atoms with van der Waals surface area (Å²) in [6, 6.07) is 0. The first-order valence-electron chi connectivity index (χ1n) is 2.16. The highest BCUT2D eigenvalue weighted by molar-refractivity contribution is 5.56. The molecule has 0 aromatic carbocycles. The third kappa shape index (κ3) is 5.23. The van der Waals surface area contributed by atoms with Crippen molar-refractivity contribution in [2.45, 2.75) is 13.0 Å². The van der Waals surface area contributed by atoms with E-state index in [1.165, 1.54) is 6.92 Å². The zero-order valence-corrected chi connectivity index (χ0v) is 4.50. The van der Waals surface area contributed by atoms with E-state index in [2.05, 4.69) is 4.74 Å². The van der Waals surface area contributed by atoms with Crippen LogP contribution in [0.3, 0.4) is 0 Å². The van der Waals surface area contributed by atoms with Crippen LogP contribution in [0.1, 0.15) is 6.92 Å². The predicted octanol–water partition coefficient (Wildman–Crippen LogP) is 0.0618. The molecule has 0 aliphatic heterocycles. The third-order valence-electron chi connectivity index (χ3n) is 0.448. The van der Waals surface area contributed by atoms with Crippen molar-refractivity contribution in [2.75, 3.05) is 6.61 Å². The molecular weight excluding hydrogens is 112 g/mol. The van der Waals surface area contributed by atoms with Gasteiger partial charge in [-0.1, -0.05) is 0 Å². The molecule has 48 valence electrons. The summed E-state index contributed by atoms with van der Waals surface area (Å²) in [7, 11) is 0. The Balaban J connectivity index is 3.05. The molecule has 0 amide bonds. The van der Waals surface area contributed by atoms with E-state index in [0.717, 1.165) is 0 Å². The van der Waals surface area contributed by atoms with Gasteiger partial charge in [0.25, 0.3) is 0 Å². The lowest BCUT2D eigenvalue weighted by atomic mass is 10.5. The molecule has 0 aliphatic carbocycles. The van der Waals surface area contributed by atoms with E-state index >= 15 is 0 Å². The molecule has 0 saturated carbocycles. The summed E-state index contributed by atoms with van der Waals surface area (Å²) < 4.78 is 3.97. The molecule has 8 heavy (non-hydrogen) atoms. The Kier molecular flexibility index (Phi) is 2.95. The van der Waals surface area contributed by atoms with Crippen molar-refractivity contribution in [1.29, 1.82) is 0 Å². The Labute approximate surface area is 46.7 Å². The maximum atomic E-state index is 9.57. The summed E-state index contributed by atoms with van der Waals surface area (Å²) >= 11 is 0. The van der Waals surface area contributed by atoms with Crippen LogP contribution in [0.5, 0.6) is 0 Å². The van der Waals surface area contributed by atoms with Crippen LogP contribution in [-0.4, -0.2) is 29.1 Å². The van der Waals surface area contributed by atoms with E-state index in [4.69, 9.17) is 10.2 Å². The Morgan fingerprint density at radius 3 is 2.50 bits per heavy atom. The molecule has 0 saturated heterocycles. The van der Waals surface area contributed by atoms with Gasteiger partial charge in [-0.2, -0.15) is 0 Å². The first kappa shape index (κ1) is 7.23. The van der Waals surface area contributed by atoms with Gasteiger partial charge in [-0.3, -0.25) is 0 Å². The van der Waals surface area contributed by atoms with Crippen molar-refractivity contribution in [3.05, 3.63) is 0 Å². The molecule has 0 heterocycles. The van der Waals surface area contributed by atoms with Gasteiger partial charge in [0.05, 0.1) is 6.10 Å². The average molecular weight is 120 g/mol. The molecule has 0 radical (unpaired) electrons. The number of aliphatic hydroxyl groups is 1. The quantitative estimate of drug-likeness (QED) is 0.506. The second kappa shape index (κ2) is 3.26. The monoisotopic (exact) mass is 120 g/mol. The van der Waals surface area contributed by atoms with Crippen LogP contribution >= 0.6 is 0 Å². The van der Waals surface area contributed by atoms with Crippen LogP contribution in [0.25, 0.3) is 0 Å². The fourth-order valence-electron chi connectivity index (χ4n) is 0.192. The summed E-state index contributed by atoms with van der Waals surface area (Å²) in [6.07, 6.45) is -2.07. The minimum atomic E-state index is -1.36. The minimum Gasteiger partial charge on any atom is -0.450 e. The molecule has 0 aromatic rings. The molecule has 0 spiro atoms. The van der Waals surface area contributed by atoms with Crippen LogP contribution in [0.15, 0.2) is 0 Å². The van der Waals surface area contributed by atoms with Crippen molar-refractivity contribution in [3.63, 3.8) is 0 Å². The normalized spacial score (nSPS) is 12.8. The van der Waals surface area contributed by atoms with E-state index in [9.17, 15) is 4.79 Å². The lowest BCUT2D eigenvalue weighted by molar-refractivity contribution is 0.0466.